The molecule has 1 aromatic carbocycles. The summed E-state index contributed by atoms with van der Waals surface area (Å²) in [6.07, 6.45) is 5.95. The first-order valence-electron chi connectivity index (χ1n) is 9.34. The molecule has 0 spiro atoms. The van der Waals surface area contributed by atoms with Gasteiger partial charge < -0.3 is 18.9 Å². The van der Waals surface area contributed by atoms with Crippen molar-refractivity contribution >= 4 is 12.0 Å². The fourth-order valence-corrected chi connectivity index (χ4v) is 3.66. The van der Waals surface area contributed by atoms with Crippen LogP contribution in [-0.4, -0.2) is 40.7 Å². The molecule has 1 unspecified atom stereocenters. The summed E-state index contributed by atoms with van der Waals surface area (Å²) in [5, 5.41) is 0. The highest BCUT2D eigenvalue weighted by Crippen LogP contribution is 2.39. The van der Waals surface area contributed by atoms with Crippen LogP contribution in [0.15, 0.2) is 40.1 Å². The highest BCUT2D eigenvalue weighted by Gasteiger charge is 2.31. The minimum atomic E-state index is -0.440. The van der Waals surface area contributed by atoms with Crippen LogP contribution < -0.4 is 20.7 Å². The van der Waals surface area contributed by atoms with Gasteiger partial charge in [-0.25, -0.2) is 4.79 Å². The summed E-state index contributed by atoms with van der Waals surface area (Å²) in [5.41, 5.74) is 0.314. The van der Waals surface area contributed by atoms with Crippen molar-refractivity contribution in [3.8, 4) is 11.5 Å². The van der Waals surface area contributed by atoms with Crippen LogP contribution in [0, 0.1) is 0 Å². The lowest BCUT2D eigenvalue weighted by Gasteiger charge is -2.25. The SMILES string of the molecule is COc1ccc(OC)c(C2CCCN2C(=O)/C=C/c2cn(C)c(=O)n(C)c2=O)c1. The third-order valence-corrected chi connectivity index (χ3v) is 5.21. The first-order chi connectivity index (χ1) is 13.9. The number of aromatic nitrogens is 2. The van der Waals surface area contributed by atoms with E-state index in [0.29, 0.717) is 18.0 Å². The Morgan fingerprint density at radius 2 is 1.93 bits per heavy atom. The number of likely N-dealkylation sites (tertiary alicyclic amines) is 1. The molecule has 0 bridgehead atoms. The number of methoxy groups -OCH3 is 2. The Hall–Kier alpha value is -3.29. The minimum absolute atomic E-state index is 0.139. The molecular formula is C21H25N3O5. The molecule has 8 nitrogen and oxygen atoms in total. The lowest BCUT2D eigenvalue weighted by atomic mass is 10.0. The second kappa shape index (κ2) is 8.38. The molecule has 8 heteroatoms. The van der Waals surface area contributed by atoms with Gasteiger partial charge in [0.15, 0.2) is 0 Å². The van der Waals surface area contributed by atoms with Crippen molar-refractivity contribution in [3.05, 3.63) is 62.4 Å². The minimum Gasteiger partial charge on any atom is -0.497 e. The Balaban J connectivity index is 1.89. The van der Waals surface area contributed by atoms with E-state index in [1.807, 2.05) is 18.2 Å². The van der Waals surface area contributed by atoms with E-state index < -0.39 is 11.2 Å². The molecule has 1 fully saturated rings. The van der Waals surface area contributed by atoms with Gasteiger partial charge in [0.05, 0.1) is 25.8 Å². The topological polar surface area (TPSA) is 82.8 Å². The first kappa shape index (κ1) is 20.4. The van der Waals surface area contributed by atoms with Crippen LogP contribution in [0.1, 0.15) is 30.0 Å². The molecule has 1 saturated heterocycles. The summed E-state index contributed by atoms with van der Waals surface area (Å²) in [6.45, 7) is 0.611. The fourth-order valence-electron chi connectivity index (χ4n) is 3.66. The molecule has 1 aliphatic rings. The molecule has 1 atom stereocenters. The highest BCUT2D eigenvalue weighted by molar-refractivity contribution is 5.92. The largest absolute Gasteiger partial charge is 0.497 e. The number of hydrogen-bond acceptors (Lipinski definition) is 5. The molecular weight excluding hydrogens is 374 g/mol. The van der Waals surface area contributed by atoms with Gasteiger partial charge in [0.2, 0.25) is 5.91 Å². The molecule has 1 amide bonds. The summed E-state index contributed by atoms with van der Waals surface area (Å²) in [5.74, 6) is 1.20. The monoisotopic (exact) mass is 399 g/mol. The first-order valence-corrected chi connectivity index (χ1v) is 9.34. The number of amides is 1. The number of ether oxygens (including phenoxy) is 2. The van der Waals surface area contributed by atoms with Crippen LogP contribution in [0.3, 0.4) is 0 Å². The molecule has 2 heterocycles. The van der Waals surface area contributed by atoms with Crippen molar-refractivity contribution < 1.29 is 14.3 Å². The Bertz CT molecular complexity index is 1070. The van der Waals surface area contributed by atoms with Gasteiger partial charge in [-0.3, -0.25) is 14.2 Å². The van der Waals surface area contributed by atoms with E-state index in [1.54, 1.807) is 26.2 Å². The van der Waals surface area contributed by atoms with E-state index in [4.69, 9.17) is 9.47 Å². The van der Waals surface area contributed by atoms with E-state index in [-0.39, 0.29) is 17.5 Å². The fraction of sp³-hybridized carbons (Fsp3) is 0.381. The summed E-state index contributed by atoms with van der Waals surface area (Å²) < 4.78 is 13.1. The smallest absolute Gasteiger partial charge is 0.330 e. The Labute approximate surface area is 168 Å². The van der Waals surface area contributed by atoms with Crippen LogP contribution >= 0.6 is 0 Å². The van der Waals surface area contributed by atoms with Crippen molar-refractivity contribution in [2.24, 2.45) is 14.1 Å². The normalized spacial score (nSPS) is 16.4. The predicted octanol–water partition coefficient (Wildman–Crippen LogP) is 1.48. The maximum atomic E-state index is 12.9. The lowest BCUT2D eigenvalue weighted by molar-refractivity contribution is -0.126. The third kappa shape index (κ3) is 3.96. The summed E-state index contributed by atoms with van der Waals surface area (Å²) in [4.78, 5) is 38.7. The summed E-state index contributed by atoms with van der Waals surface area (Å²) >= 11 is 0. The van der Waals surface area contributed by atoms with E-state index in [9.17, 15) is 14.4 Å². The van der Waals surface area contributed by atoms with E-state index in [1.165, 1.54) is 30.0 Å². The van der Waals surface area contributed by atoms with Gasteiger partial charge >= 0.3 is 5.69 Å². The lowest BCUT2D eigenvalue weighted by Crippen LogP contribution is -2.37. The van der Waals surface area contributed by atoms with Gasteiger partial charge in [-0.15, -0.1) is 0 Å². The van der Waals surface area contributed by atoms with Crippen molar-refractivity contribution in [3.63, 3.8) is 0 Å². The molecule has 3 rings (SSSR count). The molecule has 0 saturated carbocycles. The molecule has 0 aliphatic carbocycles. The second-order valence-corrected chi connectivity index (χ2v) is 6.97. The number of aryl methyl sites for hydroxylation is 1. The zero-order valence-corrected chi connectivity index (χ0v) is 17.0. The second-order valence-electron chi connectivity index (χ2n) is 6.97. The zero-order valence-electron chi connectivity index (χ0n) is 17.0. The van der Waals surface area contributed by atoms with Crippen molar-refractivity contribution in [1.82, 2.24) is 14.0 Å². The number of benzene rings is 1. The molecule has 29 heavy (non-hydrogen) atoms. The summed E-state index contributed by atoms with van der Waals surface area (Å²) in [7, 11) is 6.17. The van der Waals surface area contributed by atoms with Crippen molar-refractivity contribution in [2.45, 2.75) is 18.9 Å². The number of nitrogens with zero attached hydrogens (tertiary/aromatic N) is 3. The van der Waals surface area contributed by atoms with E-state index >= 15 is 0 Å². The average molecular weight is 399 g/mol. The van der Waals surface area contributed by atoms with Crippen LogP contribution in [0.2, 0.25) is 0 Å². The van der Waals surface area contributed by atoms with E-state index in [2.05, 4.69) is 0 Å². The quantitative estimate of drug-likeness (QED) is 0.712. The van der Waals surface area contributed by atoms with Gasteiger partial charge in [-0.2, -0.15) is 0 Å². The molecule has 0 radical (unpaired) electrons. The number of carbonyl (C=O) groups excluding carboxylic acids is 1. The van der Waals surface area contributed by atoms with Gasteiger partial charge in [0.1, 0.15) is 11.5 Å². The summed E-state index contributed by atoms with van der Waals surface area (Å²) in [6, 6.07) is 5.40. The predicted molar refractivity (Wildman–Crippen MR) is 109 cm³/mol. The van der Waals surface area contributed by atoms with Crippen LogP contribution in [0.4, 0.5) is 0 Å². The zero-order chi connectivity index (χ0) is 21.1. The Kier molecular flexibility index (Phi) is 5.91. The Morgan fingerprint density at radius 3 is 2.62 bits per heavy atom. The number of carbonyl (C=O) groups is 1. The van der Waals surface area contributed by atoms with E-state index in [0.717, 1.165) is 23.0 Å². The molecule has 1 aliphatic heterocycles. The molecule has 1 aromatic heterocycles. The van der Waals surface area contributed by atoms with Crippen LogP contribution in [0.25, 0.3) is 6.08 Å². The standard InChI is InChI=1S/C21H25N3O5/c1-22-13-14(20(26)23(2)21(22)27)7-10-19(25)24-11-5-6-17(24)16-12-15(28-3)8-9-18(16)29-4/h7-10,12-13,17H,5-6,11H2,1-4H3/b10-7+. The van der Waals surface area contributed by atoms with Crippen molar-refractivity contribution in [2.75, 3.05) is 20.8 Å². The van der Waals surface area contributed by atoms with Crippen molar-refractivity contribution in [1.29, 1.82) is 0 Å². The Morgan fingerprint density at radius 1 is 1.17 bits per heavy atom. The van der Waals surface area contributed by atoms with Crippen LogP contribution in [-0.2, 0) is 18.9 Å². The van der Waals surface area contributed by atoms with Gasteiger partial charge in [0.25, 0.3) is 5.56 Å². The highest BCUT2D eigenvalue weighted by atomic mass is 16.5. The molecule has 154 valence electrons. The van der Waals surface area contributed by atoms with Gasteiger partial charge in [0, 0.05) is 38.5 Å². The third-order valence-electron chi connectivity index (χ3n) is 5.21. The van der Waals surface area contributed by atoms with Crippen LogP contribution in [0.5, 0.6) is 11.5 Å². The van der Waals surface area contributed by atoms with Gasteiger partial charge in [-0.1, -0.05) is 0 Å². The maximum Gasteiger partial charge on any atom is 0.330 e. The number of rotatable bonds is 5. The number of hydrogen-bond donors (Lipinski definition) is 0. The molecule has 2 aromatic rings. The molecule has 0 N–H and O–H groups in total. The maximum absolute atomic E-state index is 12.9. The van der Waals surface area contributed by atoms with Gasteiger partial charge in [-0.05, 0) is 37.1 Å². The average Bonchev–Trinajstić information content (AvgIpc) is 3.23.